The number of rotatable bonds is 4. The van der Waals surface area contributed by atoms with Crippen molar-refractivity contribution in [3.8, 4) is 5.75 Å². The lowest BCUT2D eigenvalue weighted by Gasteiger charge is -2.12. The van der Waals surface area contributed by atoms with Gasteiger partial charge in [-0.15, -0.1) is 0 Å². The number of halogens is 1. The SMILES string of the molecule is COC(=O)c1ccc(NCc2cc(Br)ccc2O)c(C)c1. The van der Waals surface area contributed by atoms with Crippen LogP contribution in [-0.4, -0.2) is 18.2 Å². The van der Waals surface area contributed by atoms with Gasteiger partial charge in [-0.25, -0.2) is 4.79 Å². The van der Waals surface area contributed by atoms with Gasteiger partial charge in [0, 0.05) is 22.3 Å². The smallest absolute Gasteiger partial charge is 0.337 e. The Hall–Kier alpha value is -2.01. The molecule has 4 nitrogen and oxygen atoms in total. The fourth-order valence-electron chi connectivity index (χ4n) is 1.99. The zero-order chi connectivity index (χ0) is 15.4. The van der Waals surface area contributed by atoms with E-state index >= 15 is 0 Å². The van der Waals surface area contributed by atoms with Crippen molar-refractivity contribution in [1.29, 1.82) is 0 Å². The molecule has 2 N–H and O–H groups in total. The number of carbonyl (C=O) groups excluding carboxylic acids is 1. The molecule has 0 spiro atoms. The normalized spacial score (nSPS) is 10.2. The number of ether oxygens (including phenoxy) is 1. The number of phenolic OH excluding ortho intramolecular Hbond substituents is 1. The minimum atomic E-state index is -0.353. The first-order valence-corrected chi connectivity index (χ1v) is 7.21. The van der Waals surface area contributed by atoms with Gasteiger partial charge in [0.15, 0.2) is 0 Å². The Kier molecular flexibility index (Phi) is 4.85. The van der Waals surface area contributed by atoms with E-state index in [9.17, 15) is 9.90 Å². The highest BCUT2D eigenvalue weighted by Crippen LogP contribution is 2.24. The monoisotopic (exact) mass is 349 g/mol. The fraction of sp³-hybridized carbons (Fsp3) is 0.188. The minimum Gasteiger partial charge on any atom is -0.508 e. The molecule has 5 heteroatoms. The number of nitrogens with one attached hydrogen (secondary N) is 1. The number of aryl methyl sites for hydroxylation is 1. The molecule has 0 saturated heterocycles. The lowest BCUT2D eigenvalue weighted by Crippen LogP contribution is -2.05. The van der Waals surface area contributed by atoms with E-state index in [0.717, 1.165) is 21.3 Å². The van der Waals surface area contributed by atoms with Crippen molar-refractivity contribution in [1.82, 2.24) is 0 Å². The third-order valence-corrected chi connectivity index (χ3v) is 3.65. The molecule has 0 aliphatic rings. The van der Waals surface area contributed by atoms with E-state index in [1.807, 2.05) is 19.1 Å². The molecule has 0 atom stereocenters. The van der Waals surface area contributed by atoms with E-state index in [1.54, 1.807) is 24.3 Å². The van der Waals surface area contributed by atoms with Crippen molar-refractivity contribution in [3.05, 3.63) is 57.6 Å². The van der Waals surface area contributed by atoms with Crippen LogP contribution in [0.15, 0.2) is 40.9 Å². The predicted molar refractivity (Wildman–Crippen MR) is 85.7 cm³/mol. The Bertz CT molecular complexity index is 671. The second-order valence-electron chi connectivity index (χ2n) is 4.65. The van der Waals surface area contributed by atoms with Gasteiger partial charge in [0.2, 0.25) is 0 Å². The van der Waals surface area contributed by atoms with Crippen molar-refractivity contribution < 1.29 is 14.6 Å². The summed E-state index contributed by atoms with van der Waals surface area (Å²) in [6.07, 6.45) is 0. The molecule has 2 aromatic carbocycles. The van der Waals surface area contributed by atoms with Crippen LogP contribution in [0.1, 0.15) is 21.5 Å². The molecule has 2 rings (SSSR count). The average molecular weight is 350 g/mol. The Morgan fingerprint density at radius 2 is 2.05 bits per heavy atom. The van der Waals surface area contributed by atoms with Crippen LogP contribution in [0.4, 0.5) is 5.69 Å². The van der Waals surface area contributed by atoms with E-state index < -0.39 is 0 Å². The molecule has 0 amide bonds. The second kappa shape index (κ2) is 6.63. The van der Waals surface area contributed by atoms with Crippen molar-refractivity contribution in [2.24, 2.45) is 0 Å². The quantitative estimate of drug-likeness (QED) is 0.822. The first-order valence-electron chi connectivity index (χ1n) is 6.41. The van der Waals surface area contributed by atoms with Crippen molar-refractivity contribution in [3.63, 3.8) is 0 Å². The van der Waals surface area contributed by atoms with E-state index in [2.05, 4.69) is 21.2 Å². The molecular weight excluding hydrogens is 334 g/mol. The second-order valence-corrected chi connectivity index (χ2v) is 5.56. The fourth-order valence-corrected chi connectivity index (χ4v) is 2.40. The zero-order valence-electron chi connectivity index (χ0n) is 11.8. The molecule has 21 heavy (non-hydrogen) atoms. The maximum atomic E-state index is 11.5. The van der Waals surface area contributed by atoms with Crippen molar-refractivity contribution in [2.45, 2.75) is 13.5 Å². The van der Waals surface area contributed by atoms with Crippen molar-refractivity contribution >= 4 is 27.6 Å². The molecule has 0 unspecified atom stereocenters. The molecular formula is C16H16BrNO3. The average Bonchev–Trinajstić information content (AvgIpc) is 2.48. The highest BCUT2D eigenvalue weighted by molar-refractivity contribution is 9.10. The molecule has 0 bridgehead atoms. The number of methoxy groups -OCH3 is 1. The Morgan fingerprint density at radius 1 is 1.29 bits per heavy atom. The topological polar surface area (TPSA) is 58.6 Å². The van der Waals surface area contributed by atoms with Crippen LogP contribution in [0.5, 0.6) is 5.75 Å². The zero-order valence-corrected chi connectivity index (χ0v) is 13.4. The van der Waals surface area contributed by atoms with Gasteiger partial charge in [0.25, 0.3) is 0 Å². The van der Waals surface area contributed by atoms with Crippen LogP contribution >= 0.6 is 15.9 Å². The van der Waals surface area contributed by atoms with Crippen LogP contribution in [0.3, 0.4) is 0 Å². The number of benzene rings is 2. The van der Waals surface area contributed by atoms with Crippen molar-refractivity contribution in [2.75, 3.05) is 12.4 Å². The number of aromatic hydroxyl groups is 1. The van der Waals surface area contributed by atoms with Gasteiger partial charge in [-0.3, -0.25) is 0 Å². The molecule has 110 valence electrons. The van der Waals surface area contributed by atoms with E-state index in [1.165, 1.54) is 7.11 Å². The Labute approximate surface area is 131 Å². The molecule has 0 aliphatic carbocycles. The lowest BCUT2D eigenvalue weighted by molar-refractivity contribution is 0.0600. The first-order chi connectivity index (χ1) is 10.0. The maximum Gasteiger partial charge on any atom is 0.337 e. The van der Waals surface area contributed by atoms with Gasteiger partial charge in [0.1, 0.15) is 5.75 Å². The predicted octanol–water partition coefficient (Wildman–Crippen LogP) is 3.86. The maximum absolute atomic E-state index is 11.5. The van der Waals surface area contributed by atoms with E-state index in [0.29, 0.717) is 12.1 Å². The summed E-state index contributed by atoms with van der Waals surface area (Å²) in [4.78, 5) is 11.5. The molecule has 0 aromatic heterocycles. The number of hydrogen-bond acceptors (Lipinski definition) is 4. The summed E-state index contributed by atoms with van der Waals surface area (Å²) >= 11 is 3.38. The van der Waals surface area contributed by atoms with Crippen LogP contribution in [-0.2, 0) is 11.3 Å². The summed E-state index contributed by atoms with van der Waals surface area (Å²) in [7, 11) is 1.36. The molecule has 0 fully saturated rings. The Morgan fingerprint density at radius 3 is 2.71 bits per heavy atom. The van der Waals surface area contributed by atoms with Crippen LogP contribution in [0.2, 0.25) is 0 Å². The summed E-state index contributed by atoms with van der Waals surface area (Å²) in [5.41, 5.74) is 3.15. The van der Waals surface area contributed by atoms with Crippen LogP contribution in [0.25, 0.3) is 0 Å². The highest BCUT2D eigenvalue weighted by atomic mass is 79.9. The molecule has 2 aromatic rings. The van der Waals surface area contributed by atoms with Crippen LogP contribution in [0, 0.1) is 6.92 Å². The van der Waals surface area contributed by atoms with Gasteiger partial charge in [-0.2, -0.15) is 0 Å². The number of esters is 1. The molecule has 0 saturated carbocycles. The Balaban J connectivity index is 2.13. The van der Waals surface area contributed by atoms with E-state index in [4.69, 9.17) is 4.74 Å². The van der Waals surface area contributed by atoms with Gasteiger partial charge >= 0.3 is 5.97 Å². The molecule has 0 aliphatic heterocycles. The summed E-state index contributed by atoms with van der Waals surface area (Å²) in [5.74, 6) is -0.108. The van der Waals surface area contributed by atoms with Gasteiger partial charge < -0.3 is 15.2 Å². The van der Waals surface area contributed by atoms with E-state index in [-0.39, 0.29) is 11.7 Å². The number of carbonyl (C=O) groups is 1. The van der Waals surface area contributed by atoms with Gasteiger partial charge in [-0.05, 0) is 48.9 Å². The number of anilines is 1. The summed E-state index contributed by atoms with van der Waals surface area (Å²) < 4.78 is 5.60. The lowest BCUT2D eigenvalue weighted by atomic mass is 10.1. The summed E-state index contributed by atoms with van der Waals surface area (Å²) in [5, 5.41) is 13.1. The minimum absolute atomic E-state index is 0.245. The first kappa shape index (κ1) is 15.4. The number of phenols is 1. The third kappa shape index (κ3) is 3.76. The third-order valence-electron chi connectivity index (χ3n) is 3.16. The van der Waals surface area contributed by atoms with Crippen LogP contribution < -0.4 is 5.32 Å². The highest BCUT2D eigenvalue weighted by Gasteiger charge is 2.08. The van der Waals surface area contributed by atoms with Gasteiger partial charge in [0.05, 0.1) is 12.7 Å². The molecule has 0 heterocycles. The largest absolute Gasteiger partial charge is 0.508 e. The number of hydrogen-bond donors (Lipinski definition) is 2. The summed E-state index contributed by atoms with van der Waals surface area (Å²) in [6.45, 7) is 2.40. The molecule has 0 radical (unpaired) electrons. The van der Waals surface area contributed by atoms with Gasteiger partial charge in [-0.1, -0.05) is 15.9 Å². The summed E-state index contributed by atoms with van der Waals surface area (Å²) in [6, 6.07) is 10.6. The standard InChI is InChI=1S/C16H16BrNO3/c1-10-7-11(16(20)21-2)3-5-14(10)18-9-12-8-13(17)4-6-15(12)19/h3-8,18-19H,9H2,1-2H3.